The Morgan fingerprint density at radius 3 is 1.67 bits per heavy atom. The van der Waals surface area contributed by atoms with E-state index >= 15 is 0 Å². The summed E-state index contributed by atoms with van der Waals surface area (Å²) in [5.74, 6) is 0. The minimum Gasteiger partial charge on any atom is -0.582 e. The zero-order chi connectivity index (χ0) is 7.11. The SMILES string of the molecule is C1CCOC1.[O-][S+](Cl)Cl. The van der Waals surface area contributed by atoms with Crippen LogP contribution in [0.5, 0.6) is 0 Å². The van der Waals surface area contributed by atoms with Gasteiger partial charge in [0.15, 0.2) is 31.0 Å². The Hall–Kier alpha value is 0.850. The molecular weight excluding hydrogens is 183 g/mol. The summed E-state index contributed by atoms with van der Waals surface area (Å²) in [7, 11) is 7.36. The van der Waals surface area contributed by atoms with Gasteiger partial charge >= 0.3 is 0 Å². The Balaban J connectivity index is 0.000000148. The third kappa shape index (κ3) is 12.1. The molecule has 1 saturated heterocycles. The maximum absolute atomic E-state index is 9.09. The van der Waals surface area contributed by atoms with Crippen LogP contribution in [0.2, 0.25) is 0 Å². The monoisotopic (exact) mass is 190 g/mol. The molecule has 0 unspecified atom stereocenters. The van der Waals surface area contributed by atoms with Crippen LogP contribution in [0.25, 0.3) is 0 Å². The van der Waals surface area contributed by atoms with Gasteiger partial charge in [0, 0.05) is 13.2 Å². The second-order valence-corrected chi connectivity index (χ2v) is 4.03. The maximum atomic E-state index is 9.09. The van der Waals surface area contributed by atoms with E-state index in [9.17, 15) is 0 Å². The van der Waals surface area contributed by atoms with Crippen LogP contribution in [0.1, 0.15) is 12.8 Å². The predicted molar refractivity (Wildman–Crippen MR) is 39.9 cm³/mol. The van der Waals surface area contributed by atoms with Crippen molar-refractivity contribution in [3.8, 4) is 0 Å². The molecule has 0 amide bonds. The van der Waals surface area contributed by atoms with Crippen molar-refractivity contribution in [2.45, 2.75) is 12.8 Å². The average molecular weight is 191 g/mol. The standard InChI is InChI=1S/C4H8O.Cl2OS/c1-2-4-5-3-1;1-4(2)3/h1-4H2;. The zero-order valence-corrected chi connectivity index (χ0v) is 7.14. The Labute approximate surface area is 66.7 Å². The van der Waals surface area contributed by atoms with E-state index in [1.807, 2.05) is 0 Å². The van der Waals surface area contributed by atoms with Gasteiger partial charge in [-0.3, -0.25) is 0 Å². The van der Waals surface area contributed by atoms with Gasteiger partial charge in [-0.2, -0.15) is 0 Å². The molecule has 0 aliphatic carbocycles. The van der Waals surface area contributed by atoms with E-state index in [0.29, 0.717) is 0 Å². The molecule has 56 valence electrons. The van der Waals surface area contributed by atoms with Gasteiger partial charge in [0.2, 0.25) is 0 Å². The molecule has 1 aliphatic rings. The molecule has 0 radical (unpaired) electrons. The highest BCUT2D eigenvalue weighted by Gasteiger charge is 1.94. The minimum atomic E-state index is -1.67. The van der Waals surface area contributed by atoms with Crippen molar-refractivity contribution in [1.29, 1.82) is 0 Å². The summed E-state index contributed by atoms with van der Waals surface area (Å²) in [6.07, 6.45) is 2.56. The Kier molecular flexibility index (Phi) is 7.62. The Morgan fingerprint density at radius 2 is 1.56 bits per heavy atom. The van der Waals surface area contributed by atoms with Crippen molar-refractivity contribution in [1.82, 2.24) is 0 Å². The topological polar surface area (TPSA) is 32.3 Å². The summed E-state index contributed by atoms with van der Waals surface area (Å²) in [6.45, 7) is 2.00. The van der Waals surface area contributed by atoms with Crippen LogP contribution in [0, 0.1) is 0 Å². The molecular formula is C4H8Cl2O2S. The third-order valence-corrected chi connectivity index (χ3v) is 0.827. The summed E-state index contributed by atoms with van der Waals surface area (Å²) < 4.78 is 14.0. The molecule has 0 spiro atoms. The van der Waals surface area contributed by atoms with Gasteiger partial charge in [0.25, 0.3) is 0 Å². The van der Waals surface area contributed by atoms with Crippen molar-refractivity contribution in [2.24, 2.45) is 0 Å². The predicted octanol–water partition coefficient (Wildman–Crippen LogP) is 1.84. The van der Waals surface area contributed by atoms with Gasteiger partial charge in [0.1, 0.15) is 0 Å². The van der Waals surface area contributed by atoms with Crippen LogP contribution < -0.4 is 0 Å². The van der Waals surface area contributed by atoms with Crippen LogP contribution in [0.15, 0.2) is 0 Å². The molecule has 1 fully saturated rings. The first kappa shape index (κ1) is 9.85. The lowest BCUT2D eigenvalue weighted by molar-refractivity contribution is 0.198. The highest BCUT2D eigenvalue weighted by Crippen LogP contribution is 1.98. The van der Waals surface area contributed by atoms with E-state index in [2.05, 4.69) is 21.4 Å². The molecule has 0 atom stereocenters. The number of hydrogen-bond donors (Lipinski definition) is 0. The number of halogens is 2. The van der Waals surface area contributed by atoms with Gasteiger partial charge in [0.05, 0.1) is 0 Å². The smallest absolute Gasteiger partial charge is 0.198 e. The summed E-state index contributed by atoms with van der Waals surface area (Å²) >= 11 is 0. The molecule has 1 aliphatic heterocycles. The van der Waals surface area contributed by atoms with E-state index in [-0.39, 0.29) is 0 Å². The molecule has 9 heavy (non-hydrogen) atoms. The van der Waals surface area contributed by atoms with Crippen LogP contribution >= 0.6 is 21.4 Å². The van der Waals surface area contributed by atoms with E-state index < -0.39 is 9.60 Å². The highest BCUT2D eigenvalue weighted by molar-refractivity contribution is 8.31. The largest absolute Gasteiger partial charge is 0.582 e. The average Bonchev–Trinajstić information content (AvgIpc) is 2.11. The normalized spacial score (nSPS) is 17.3. The van der Waals surface area contributed by atoms with E-state index in [1.54, 1.807) is 0 Å². The van der Waals surface area contributed by atoms with Crippen molar-refractivity contribution in [2.75, 3.05) is 13.2 Å². The molecule has 1 heterocycles. The fraction of sp³-hybridized carbons (Fsp3) is 1.00. The van der Waals surface area contributed by atoms with Crippen LogP contribution in [-0.4, -0.2) is 17.8 Å². The summed E-state index contributed by atoms with van der Waals surface area (Å²) in [5, 5.41) is 0. The molecule has 0 N–H and O–H groups in total. The van der Waals surface area contributed by atoms with Gasteiger partial charge in [-0.1, -0.05) is 0 Å². The quantitative estimate of drug-likeness (QED) is 0.547. The maximum Gasteiger partial charge on any atom is 0.198 e. The second-order valence-electron chi connectivity index (χ2n) is 1.50. The molecule has 0 aromatic rings. The minimum absolute atomic E-state index is 1.00. The van der Waals surface area contributed by atoms with Crippen molar-refractivity contribution in [3.63, 3.8) is 0 Å². The van der Waals surface area contributed by atoms with E-state index in [4.69, 9.17) is 9.29 Å². The molecule has 0 bridgehead atoms. The molecule has 5 heteroatoms. The van der Waals surface area contributed by atoms with E-state index in [1.165, 1.54) is 12.8 Å². The highest BCUT2D eigenvalue weighted by atomic mass is 36.0. The summed E-state index contributed by atoms with van der Waals surface area (Å²) in [4.78, 5) is 0. The molecule has 0 saturated carbocycles. The van der Waals surface area contributed by atoms with Gasteiger partial charge in [-0.05, 0) is 12.8 Å². The second kappa shape index (κ2) is 6.96. The molecule has 0 aromatic heterocycles. The van der Waals surface area contributed by atoms with Crippen molar-refractivity contribution < 1.29 is 9.29 Å². The lowest BCUT2D eigenvalue weighted by Gasteiger charge is -1.76. The lowest BCUT2D eigenvalue weighted by Crippen LogP contribution is -1.74. The van der Waals surface area contributed by atoms with Crippen molar-refractivity contribution in [3.05, 3.63) is 0 Å². The third-order valence-electron chi connectivity index (χ3n) is 0.827. The fourth-order valence-corrected chi connectivity index (χ4v) is 0.510. The van der Waals surface area contributed by atoms with Gasteiger partial charge in [-0.25, -0.2) is 0 Å². The number of ether oxygens (including phenoxy) is 1. The number of rotatable bonds is 0. The Morgan fingerprint density at radius 1 is 1.22 bits per heavy atom. The molecule has 1 rings (SSSR count). The van der Waals surface area contributed by atoms with Gasteiger partial charge < -0.3 is 9.29 Å². The number of hydrogen-bond acceptors (Lipinski definition) is 2. The summed E-state index contributed by atoms with van der Waals surface area (Å²) in [5.41, 5.74) is 0. The molecule has 2 nitrogen and oxygen atoms in total. The summed E-state index contributed by atoms with van der Waals surface area (Å²) in [6, 6.07) is 0. The Bertz CT molecular complexity index is 48.2. The fourth-order valence-electron chi connectivity index (χ4n) is 0.510. The van der Waals surface area contributed by atoms with Crippen LogP contribution in [-0.2, 0) is 14.3 Å². The van der Waals surface area contributed by atoms with E-state index in [0.717, 1.165) is 13.2 Å². The van der Waals surface area contributed by atoms with Gasteiger partial charge in [-0.15, -0.1) is 0 Å². The van der Waals surface area contributed by atoms with Crippen LogP contribution in [0.4, 0.5) is 0 Å². The molecule has 0 aromatic carbocycles. The first-order valence-electron chi connectivity index (χ1n) is 2.55. The van der Waals surface area contributed by atoms with Crippen LogP contribution in [0.3, 0.4) is 0 Å². The first-order valence-corrected chi connectivity index (χ1v) is 5.35. The van der Waals surface area contributed by atoms with Crippen molar-refractivity contribution >= 4 is 31.0 Å². The zero-order valence-electron chi connectivity index (χ0n) is 4.81. The lowest BCUT2D eigenvalue weighted by atomic mass is 10.4. The first-order chi connectivity index (χ1) is 4.23.